The van der Waals surface area contributed by atoms with Gasteiger partial charge in [0.2, 0.25) is 5.78 Å². The number of carbonyl (C=O) groups excluding carboxylic acids is 1. The molecule has 2 nitrogen and oxygen atoms in total. The summed E-state index contributed by atoms with van der Waals surface area (Å²) in [7, 11) is -1.75. The molecule has 0 heterocycles. The van der Waals surface area contributed by atoms with Crippen LogP contribution in [0.4, 0.5) is 0 Å². The van der Waals surface area contributed by atoms with Crippen molar-refractivity contribution in [1.82, 2.24) is 0 Å². The molecule has 0 fully saturated rings. The summed E-state index contributed by atoms with van der Waals surface area (Å²) in [5, 5.41) is 0.749. The van der Waals surface area contributed by atoms with Gasteiger partial charge in [-0.1, -0.05) is 50.3 Å². The van der Waals surface area contributed by atoms with Crippen LogP contribution in [0.15, 0.2) is 53.9 Å². The second-order valence-electron chi connectivity index (χ2n) is 5.34. The summed E-state index contributed by atoms with van der Waals surface area (Å²) in [6.07, 6.45) is 6.74. The Labute approximate surface area is 114 Å². The van der Waals surface area contributed by atoms with Gasteiger partial charge in [0, 0.05) is 5.56 Å². The van der Waals surface area contributed by atoms with E-state index in [1.807, 2.05) is 18.2 Å². The highest BCUT2D eigenvalue weighted by Crippen LogP contribution is 2.35. The Morgan fingerprint density at radius 2 is 2.00 bits per heavy atom. The van der Waals surface area contributed by atoms with Crippen molar-refractivity contribution >= 4 is 19.4 Å². The highest BCUT2D eigenvalue weighted by atomic mass is 31.1. The number of hydrogen-bond donors (Lipinski definition) is 0. The van der Waals surface area contributed by atoms with E-state index >= 15 is 0 Å². The molecule has 0 N–H and O–H groups in total. The fraction of sp³-hybridized carbons (Fsp3) is 0.250. The summed E-state index contributed by atoms with van der Waals surface area (Å²) in [5.74, 6) is 1.14. The zero-order valence-electron chi connectivity index (χ0n) is 11.2. The smallest absolute Gasteiger partial charge is 0.227 e. The zero-order valence-corrected chi connectivity index (χ0v) is 12.1. The van der Waals surface area contributed by atoms with Crippen LogP contribution in [0.25, 0.3) is 0 Å². The zero-order chi connectivity index (χ0) is 13.9. The summed E-state index contributed by atoms with van der Waals surface area (Å²) in [6, 6.07) is 8.92. The van der Waals surface area contributed by atoms with E-state index in [9.17, 15) is 9.69 Å². The van der Waals surface area contributed by atoms with Crippen molar-refractivity contribution in [1.29, 1.82) is 0 Å². The standard InChI is InChI=1S/C16H17O2P/c1-16(2)10-8-14(9-11-16)19(18)12-15(17)13-6-4-3-5-7-13/h3-10,12H,11H2,1-2H3. The Bertz CT molecular complexity index is 566. The molecule has 0 amide bonds. The first kappa shape index (κ1) is 13.9. The van der Waals surface area contributed by atoms with Gasteiger partial charge in [-0.25, -0.2) is 0 Å². The molecule has 0 saturated heterocycles. The molecule has 0 aromatic heterocycles. The maximum Gasteiger partial charge on any atom is 0.227 e. The van der Waals surface area contributed by atoms with Gasteiger partial charge in [-0.05, 0) is 24.0 Å². The fourth-order valence-corrected chi connectivity index (χ4v) is 2.84. The van der Waals surface area contributed by atoms with Crippen molar-refractivity contribution in [3.63, 3.8) is 0 Å². The second-order valence-corrected chi connectivity index (χ2v) is 6.77. The summed E-state index contributed by atoms with van der Waals surface area (Å²) >= 11 is 0. The Kier molecular flexibility index (Phi) is 4.14. The van der Waals surface area contributed by atoms with E-state index in [1.54, 1.807) is 24.3 Å². The molecule has 3 heteroatoms. The van der Waals surface area contributed by atoms with E-state index in [0.717, 1.165) is 11.7 Å². The van der Waals surface area contributed by atoms with E-state index in [2.05, 4.69) is 19.9 Å². The Morgan fingerprint density at radius 3 is 2.58 bits per heavy atom. The molecule has 1 aromatic carbocycles. The highest BCUT2D eigenvalue weighted by molar-refractivity contribution is 7.56. The minimum absolute atomic E-state index is 0.114. The monoisotopic (exact) mass is 272 g/mol. The average molecular weight is 272 g/mol. The van der Waals surface area contributed by atoms with Gasteiger partial charge in [-0.15, -0.1) is 0 Å². The lowest BCUT2D eigenvalue weighted by Crippen LogP contribution is -2.10. The predicted molar refractivity (Wildman–Crippen MR) is 79.4 cm³/mol. The van der Waals surface area contributed by atoms with Crippen molar-refractivity contribution in [3.8, 4) is 0 Å². The molecule has 98 valence electrons. The first-order valence-corrected chi connectivity index (χ1v) is 7.61. The second kappa shape index (κ2) is 5.64. The molecular formula is C16H17O2P. The van der Waals surface area contributed by atoms with Crippen molar-refractivity contribution in [2.45, 2.75) is 20.3 Å². The molecule has 19 heavy (non-hydrogen) atoms. The lowest BCUT2D eigenvalue weighted by Gasteiger charge is -2.20. The fourth-order valence-electron chi connectivity index (χ4n) is 1.84. The number of benzene rings is 1. The maximum absolute atomic E-state index is 12.1. The molecule has 1 aromatic rings. The minimum atomic E-state index is -1.75. The van der Waals surface area contributed by atoms with Gasteiger partial charge >= 0.3 is 0 Å². The number of rotatable bonds is 3. The number of hydrogen-bond acceptors (Lipinski definition) is 2. The molecule has 0 bridgehead atoms. The number of carbonyl (C=O) groups is 1. The normalized spacial score (nSPS) is 18.1. The molecule has 1 atom stereocenters. The van der Waals surface area contributed by atoms with Gasteiger partial charge in [-0.2, -0.15) is 0 Å². The summed E-state index contributed by atoms with van der Waals surface area (Å²) in [4.78, 5) is 24.1. The van der Waals surface area contributed by atoms with Crippen molar-refractivity contribution in [2.75, 3.05) is 0 Å². The summed E-state index contributed by atoms with van der Waals surface area (Å²) in [6.45, 7) is 4.26. The van der Waals surface area contributed by atoms with E-state index in [-0.39, 0.29) is 11.2 Å². The topological polar surface area (TPSA) is 40.1 Å². The van der Waals surface area contributed by atoms with Gasteiger partial charge in [0.25, 0.3) is 0 Å². The van der Waals surface area contributed by atoms with Crippen LogP contribution in [0.1, 0.15) is 30.6 Å². The number of Topliss-reactive ketones (excluding diaryl/α,β-unsaturated/α-hetero) is 1. The van der Waals surface area contributed by atoms with Crippen LogP contribution < -0.4 is 4.89 Å². The Morgan fingerprint density at radius 1 is 1.32 bits per heavy atom. The largest absolute Gasteiger partial charge is 0.626 e. The van der Waals surface area contributed by atoms with E-state index in [1.165, 1.54) is 5.80 Å². The first-order chi connectivity index (χ1) is 8.98. The summed E-state index contributed by atoms with van der Waals surface area (Å²) in [5.41, 5.74) is 0.690. The van der Waals surface area contributed by atoms with Gasteiger partial charge in [0.15, 0.2) is 5.80 Å². The maximum atomic E-state index is 12.1. The molecule has 1 aliphatic carbocycles. The predicted octanol–water partition coefficient (Wildman–Crippen LogP) is 3.30. The lowest BCUT2D eigenvalue weighted by atomic mass is 9.86. The van der Waals surface area contributed by atoms with E-state index in [0.29, 0.717) is 5.56 Å². The Balaban J connectivity index is 2.15. The number of ketones is 1. The molecule has 1 aliphatic rings. The van der Waals surface area contributed by atoms with Gasteiger partial charge in [-0.3, -0.25) is 4.79 Å². The van der Waals surface area contributed by atoms with Crippen LogP contribution in [-0.2, 0) is 0 Å². The van der Waals surface area contributed by atoms with Crippen molar-refractivity contribution < 1.29 is 9.69 Å². The molecule has 2 rings (SSSR count). The molecule has 0 radical (unpaired) electrons. The third-order valence-electron chi connectivity index (χ3n) is 3.09. The van der Waals surface area contributed by atoms with Crippen LogP contribution in [-0.4, -0.2) is 11.6 Å². The summed E-state index contributed by atoms with van der Waals surface area (Å²) < 4.78 is 0. The van der Waals surface area contributed by atoms with Gasteiger partial charge in [0.05, 0.1) is 7.77 Å². The van der Waals surface area contributed by atoms with E-state index < -0.39 is 7.77 Å². The quantitative estimate of drug-likeness (QED) is 0.625. The van der Waals surface area contributed by atoms with Gasteiger partial charge < -0.3 is 4.89 Å². The molecule has 1 unspecified atom stereocenters. The number of allylic oxidation sites excluding steroid dienone is 4. The van der Waals surface area contributed by atoms with Crippen molar-refractivity contribution in [3.05, 3.63) is 59.4 Å². The van der Waals surface area contributed by atoms with Crippen LogP contribution in [0.5, 0.6) is 0 Å². The van der Waals surface area contributed by atoms with E-state index in [4.69, 9.17) is 0 Å². The Hall–Kier alpha value is -1.50. The van der Waals surface area contributed by atoms with Crippen LogP contribution in [0, 0.1) is 5.41 Å². The molecule has 0 saturated carbocycles. The lowest BCUT2D eigenvalue weighted by molar-refractivity contribution is -0.150. The van der Waals surface area contributed by atoms with Crippen molar-refractivity contribution in [2.24, 2.45) is 5.41 Å². The van der Waals surface area contributed by atoms with Crippen LogP contribution >= 0.6 is 7.77 Å². The van der Waals surface area contributed by atoms with Crippen LogP contribution in [0.3, 0.4) is 0 Å². The first-order valence-electron chi connectivity index (χ1n) is 6.28. The van der Waals surface area contributed by atoms with Gasteiger partial charge in [0.1, 0.15) is 5.31 Å². The average Bonchev–Trinajstić information content (AvgIpc) is 2.39. The minimum Gasteiger partial charge on any atom is -0.626 e. The van der Waals surface area contributed by atoms with Crippen LogP contribution in [0.2, 0.25) is 0 Å². The highest BCUT2D eigenvalue weighted by Gasteiger charge is 2.19. The SMILES string of the molecule is CC1(C)C=CC([P+]([O-])=CC(=O)c2ccccc2)=CC1. The molecule has 0 spiro atoms. The molecule has 0 aliphatic heterocycles. The third kappa shape index (κ3) is 3.73. The molecular weight excluding hydrogens is 255 g/mol. The third-order valence-corrected chi connectivity index (χ3v) is 4.40.